The predicted molar refractivity (Wildman–Crippen MR) is 24.4 cm³/mol. The van der Waals surface area contributed by atoms with Crippen molar-refractivity contribution >= 4 is 0 Å². The molecular weight excluding hydrogens is 266 g/mol. The summed E-state index contributed by atoms with van der Waals surface area (Å²) in [6.45, 7) is 1.82. The van der Waals surface area contributed by atoms with Crippen LogP contribution in [-0.2, 0) is 65.4 Å². The Bertz CT molecular complexity index is 143. The number of nitrogens with zero attached hydrogens (tertiary/aromatic N) is 2. The molecule has 1 aromatic rings. The van der Waals surface area contributed by atoms with E-state index in [-0.39, 0.29) is 65.4 Å². The number of rotatable bonds is 0. The summed E-state index contributed by atoms with van der Waals surface area (Å²) in [5.74, 6) is 0. The quantitative estimate of drug-likeness (QED) is 0.637. The van der Waals surface area contributed by atoms with Gasteiger partial charge in [0, 0.05) is 65.4 Å². The Morgan fingerprint density at radius 3 is 2.33 bits per heavy atom. The maximum absolute atomic E-state index is 3.74. The number of hydrogen-bond acceptors (Lipinski definition) is 2. The van der Waals surface area contributed by atoms with Crippen molar-refractivity contribution in [1.29, 1.82) is 0 Å². The predicted octanol–water partition coefficient (Wildman–Crippen LogP) is 0.380. The van der Waals surface area contributed by atoms with Crippen molar-refractivity contribution in [3.63, 3.8) is 0 Å². The minimum atomic E-state index is 0. The van der Waals surface area contributed by atoms with E-state index < -0.39 is 0 Å². The van der Waals surface area contributed by atoms with Crippen LogP contribution in [0.5, 0.6) is 0 Å². The molecule has 1 aromatic heterocycles. The molecular formula is C5H4N2Y2-2. The molecule has 0 aliphatic carbocycles. The fourth-order valence-electron chi connectivity index (χ4n) is 0.305. The Morgan fingerprint density at radius 1 is 1.44 bits per heavy atom. The van der Waals surface area contributed by atoms with Crippen LogP contribution in [0, 0.1) is 19.3 Å². The zero-order valence-electron chi connectivity index (χ0n) is 5.13. The van der Waals surface area contributed by atoms with Crippen molar-refractivity contribution in [1.82, 2.24) is 9.97 Å². The summed E-state index contributed by atoms with van der Waals surface area (Å²) in [5.41, 5.74) is 0.780. The van der Waals surface area contributed by atoms with Crippen LogP contribution in [-0.4, -0.2) is 9.97 Å². The summed E-state index contributed by atoms with van der Waals surface area (Å²) >= 11 is 0. The maximum Gasteiger partial charge on any atom is 0 e. The van der Waals surface area contributed by atoms with E-state index >= 15 is 0 Å². The summed E-state index contributed by atoms with van der Waals surface area (Å²) < 4.78 is 0. The van der Waals surface area contributed by atoms with Gasteiger partial charge in [-0.3, -0.25) is 0 Å². The van der Waals surface area contributed by atoms with Gasteiger partial charge in [0.1, 0.15) is 0 Å². The topological polar surface area (TPSA) is 25.8 Å². The average Bonchev–Trinajstić information content (AvgIpc) is 1.69. The van der Waals surface area contributed by atoms with E-state index in [1.54, 1.807) is 0 Å². The fourth-order valence-corrected chi connectivity index (χ4v) is 0.305. The third-order valence-electron chi connectivity index (χ3n) is 0.581. The van der Waals surface area contributed by atoms with Crippen molar-refractivity contribution < 1.29 is 65.4 Å². The van der Waals surface area contributed by atoms with Gasteiger partial charge >= 0.3 is 0 Å². The first-order valence-corrected chi connectivity index (χ1v) is 1.97. The van der Waals surface area contributed by atoms with Crippen LogP contribution < -0.4 is 0 Å². The molecule has 0 aliphatic rings. The first-order chi connectivity index (χ1) is 3.39. The van der Waals surface area contributed by atoms with Crippen LogP contribution in [0.1, 0.15) is 5.69 Å². The van der Waals surface area contributed by atoms with Crippen molar-refractivity contribution in [2.75, 3.05) is 0 Å². The summed E-state index contributed by atoms with van der Waals surface area (Å²) in [6, 6.07) is 0. The van der Waals surface area contributed by atoms with Gasteiger partial charge in [-0.15, -0.1) is 6.92 Å². The van der Waals surface area contributed by atoms with Gasteiger partial charge in [-0.05, 0) is 0 Å². The Hall–Kier alpha value is 1.29. The Kier molecular flexibility index (Phi) is 10.6. The summed E-state index contributed by atoms with van der Waals surface area (Å²) in [4.78, 5) is 7.38. The number of hydrogen-bond donors (Lipinski definition) is 0. The van der Waals surface area contributed by atoms with Crippen LogP contribution in [0.2, 0.25) is 0 Å². The van der Waals surface area contributed by atoms with Crippen LogP contribution >= 0.6 is 0 Å². The zero-order chi connectivity index (χ0) is 5.11. The van der Waals surface area contributed by atoms with Crippen LogP contribution in [0.3, 0.4) is 0 Å². The van der Waals surface area contributed by atoms with Crippen LogP contribution in [0.15, 0.2) is 6.20 Å². The molecule has 9 heavy (non-hydrogen) atoms. The van der Waals surface area contributed by atoms with Gasteiger partial charge in [0.2, 0.25) is 0 Å². The number of aromatic nitrogens is 2. The Labute approximate surface area is 105 Å². The van der Waals surface area contributed by atoms with Crippen molar-refractivity contribution in [2.45, 2.75) is 6.92 Å². The first kappa shape index (κ1) is 12.9. The number of aryl methyl sites for hydroxylation is 1. The van der Waals surface area contributed by atoms with Gasteiger partial charge in [-0.2, -0.15) is 5.69 Å². The van der Waals surface area contributed by atoms with E-state index in [4.69, 9.17) is 0 Å². The third kappa shape index (κ3) is 5.72. The van der Waals surface area contributed by atoms with E-state index in [0.29, 0.717) is 0 Å². The van der Waals surface area contributed by atoms with Gasteiger partial charge in [-0.1, -0.05) is 0 Å². The second-order valence-electron chi connectivity index (χ2n) is 1.20. The molecule has 0 aliphatic heterocycles. The molecule has 0 bridgehead atoms. The van der Waals surface area contributed by atoms with Crippen molar-refractivity contribution in [2.24, 2.45) is 0 Å². The monoisotopic (exact) mass is 270 g/mol. The SMILES string of the molecule is Cc1[c-]nc[c-]n1.[Y].[Y]. The van der Waals surface area contributed by atoms with Gasteiger partial charge in [-0.25, -0.2) is 18.6 Å². The molecule has 2 radical (unpaired) electrons. The minimum absolute atomic E-state index is 0. The Balaban J connectivity index is 0. The van der Waals surface area contributed by atoms with E-state index in [1.807, 2.05) is 6.92 Å². The second-order valence-corrected chi connectivity index (χ2v) is 1.20. The summed E-state index contributed by atoms with van der Waals surface area (Å²) in [7, 11) is 0. The molecule has 0 saturated heterocycles. The van der Waals surface area contributed by atoms with Gasteiger partial charge in [0.05, 0.1) is 0 Å². The van der Waals surface area contributed by atoms with E-state index in [0.717, 1.165) is 5.69 Å². The molecule has 4 heteroatoms. The molecule has 0 aromatic carbocycles. The molecule has 0 N–H and O–H groups in total. The van der Waals surface area contributed by atoms with Crippen molar-refractivity contribution in [3.8, 4) is 0 Å². The molecule has 0 fully saturated rings. The van der Waals surface area contributed by atoms with E-state index in [9.17, 15) is 0 Å². The molecule has 0 unspecified atom stereocenters. The molecule has 0 amide bonds. The average molecular weight is 270 g/mol. The van der Waals surface area contributed by atoms with E-state index in [1.165, 1.54) is 6.20 Å². The molecule has 1 rings (SSSR count). The molecule has 42 valence electrons. The molecule has 0 atom stereocenters. The van der Waals surface area contributed by atoms with Gasteiger partial charge in [0.25, 0.3) is 0 Å². The van der Waals surface area contributed by atoms with E-state index in [2.05, 4.69) is 22.4 Å². The normalized spacial score (nSPS) is 6.78. The molecule has 0 saturated carbocycles. The van der Waals surface area contributed by atoms with Gasteiger partial charge in [0.15, 0.2) is 0 Å². The molecule has 0 spiro atoms. The van der Waals surface area contributed by atoms with Crippen molar-refractivity contribution in [3.05, 3.63) is 24.3 Å². The maximum atomic E-state index is 3.74. The first-order valence-electron chi connectivity index (χ1n) is 1.97. The zero-order valence-corrected chi connectivity index (χ0v) is 10.8. The molecule has 1 heterocycles. The summed E-state index contributed by atoms with van der Waals surface area (Å²) in [5, 5.41) is 0. The van der Waals surface area contributed by atoms with Crippen LogP contribution in [0.4, 0.5) is 0 Å². The standard InChI is InChI=1S/C5H4N2.2Y/c1-5-4-6-2-3-7-5;;/h2H,1H3;;/q-2;;. The smallest absolute Gasteiger partial charge is 0 e. The third-order valence-corrected chi connectivity index (χ3v) is 0.581. The van der Waals surface area contributed by atoms with Gasteiger partial charge < -0.3 is 9.97 Å². The van der Waals surface area contributed by atoms with Crippen LogP contribution in [0.25, 0.3) is 0 Å². The largest absolute Gasteiger partial charge is 0.495 e. The Morgan fingerprint density at radius 2 is 2.11 bits per heavy atom. The summed E-state index contributed by atoms with van der Waals surface area (Å²) in [6.07, 6.45) is 6.69. The fraction of sp³-hybridized carbons (Fsp3) is 0.200. The minimum Gasteiger partial charge on any atom is -0.495 e. The second kappa shape index (κ2) is 7.40. The molecule has 2 nitrogen and oxygen atoms in total.